The fraction of sp³-hybridized carbons (Fsp3) is 0.700. The molecule has 0 unspecified atom stereocenters. The Balaban J connectivity index is 2.20. The predicted octanol–water partition coefficient (Wildman–Crippen LogP) is 1.00. The van der Waals surface area contributed by atoms with Crippen molar-refractivity contribution in [3.05, 3.63) is 11.4 Å². The number of rotatable bonds is 5. The Bertz CT molecular complexity index is 344. The van der Waals surface area contributed by atoms with Gasteiger partial charge >= 0.3 is 0 Å². The number of carbonyl (C=O) groups is 1. The summed E-state index contributed by atoms with van der Waals surface area (Å²) < 4.78 is 6.80. The molecule has 0 aliphatic heterocycles. The molecule has 5 nitrogen and oxygen atoms in total. The van der Waals surface area contributed by atoms with Gasteiger partial charge in [0.15, 0.2) is 6.29 Å². The van der Waals surface area contributed by atoms with Gasteiger partial charge in [0, 0.05) is 13.0 Å². The van der Waals surface area contributed by atoms with Crippen LogP contribution in [0.1, 0.15) is 41.4 Å². The monoisotopic (exact) mass is 209 g/mol. The van der Waals surface area contributed by atoms with Crippen LogP contribution in [-0.2, 0) is 11.3 Å². The number of carbonyl (C=O) groups excluding carboxylic acids is 1. The first-order chi connectivity index (χ1) is 7.36. The van der Waals surface area contributed by atoms with Crippen LogP contribution in [0, 0.1) is 0 Å². The SMILES string of the molecule is COCCn1nnc(C=O)c1C1CCC1. The van der Waals surface area contributed by atoms with E-state index in [0.717, 1.165) is 24.8 Å². The Labute approximate surface area is 88.4 Å². The van der Waals surface area contributed by atoms with Gasteiger partial charge in [-0.15, -0.1) is 5.10 Å². The van der Waals surface area contributed by atoms with Crippen molar-refractivity contribution in [2.75, 3.05) is 13.7 Å². The van der Waals surface area contributed by atoms with Crippen LogP contribution in [0.2, 0.25) is 0 Å². The van der Waals surface area contributed by atoms with E-state index >= 15 is 0 Å². The third-order valence-corrected chi connectivity index (χ3v) is 2.91. The van der Waals surface area contributed by atoms with Crippen LogP contribution in [0.5, 0.6) is 0 Å². The predicted molar refractivity (Wildman–Crippen MR) is 53.9 cm³/mol. The molecule has 5 heteroatoms. The molecule has 0 N–H and O–H groups in total. The molecule has 1 aromatic rings. The normalized spacial score (nSPS) is 16.3. The van der Waals surface area contributed by atoms with Crippen LogP contribution >= 0.6 is 0 Å². The molecule has 0 aromatic carbocycles. The van der Waals surface area contributed by atoms with Crippen molar-refractivity contribution in [2.45, 2.75) is 31.7 Å². The molecule has 1 saturated carbocycles. The molecule has 0 saturated heterocycles. The number of nitrogens with zero attached hydrogens (tertiary/aromatic N) is 3. The van der Waals surface area contributed by atoms with Gasteiger partial charge in [0.05, 0.1) is 18.8 Å². The van der Waals surface area contributed by atoms with Gasteiger partial charge in [-0.05, 0) is 12.8 Å². The molecule has 82 valence electrons. The standard InChI is InChI=1S/C10H15N3O2/c1-15-6-5-13-10(8-3-2-4-8)9(7-14)11-12-13/h7-8H,2-6H2,1H3. The van der Waals surface area contributed by atoms with E-state index in [9.17, 15) is 4.79 Å². The summed E-state index contributed by atoms with van der Waals surface area (Å²) in [7, 11) is 1.65. The number of hydrogen-bond acceptors (Lipinski definition) is 4. The molecule has 1 aliphatic rings. The number of aromatic nitrogens is 3. The van der Waals surface area contributed by atoms with Crippen LogP contribution in [0.3, 0.4) is 0 Å². The quantitative estimate of drug-likeness (QED) is 0.679. The minimum absolute atomic E-state index is 0.469. The lowest BCUT2D eigenvalue weighted by atomic mass is 9.82. The summed E-state index contributed by atoms with van der Waals surface area (Å²) in [6, 6.07) is 0. The van der Waals surface area contributed by atoms with Crippen molar-refractivity contribution >= 4 is 6.29 Å². The first kappa shape index (κ1) is 10.3. The largest absolute Gasteiger partial charge is 0.383 e. The van der Waals surface area contributed by atoms with Gasteiger partial charge in [0.25, 0.3) is 0 Å². The molecule has 0 bridgehead atoms. The maximum absolute atomic E-state index is 10.8. The fourth-order valence-electron chi connectivity index (χ4n) is 1.86. The third-order valence-electron chi connectivity index (χ3n) is 2.91. The van der Waals surface area contributed by atoms with Gasteiger partial charge < -0.3 is 4.74 Å². The number of ether oxygens (including phenoxy) is 1. The van der Waals surface area contributed by atoms with Gasteiger partial charge in [0.1, 0.15) is 5.69 Å². The number of aldehydes is 1. The zero-order valence-electron chi connectivity index (χ0n) is 8.85. The van der Waals surface area contributed by atoms with E-state index in [4.69, 9.17) is 4.74 Å². The second kappa shape index (κ2) is 4.53. The summed E-state index contributed by atoms with van der Waals surface area (Å²) in [6.45, 7) is 1.27. The second-order valence-corrected chi connectivity index (χ2v) is 3.82. The fourth-order valence-corrected chi connectivity index (χ4v) is 1.86. The highest BCUT2D eigenvalue weighted by Crippen LogP contribution is 2.36. The lowest BCUT2D eigenvalue weighted by Crippen LogP contribution is -2.18. The molecule has 1 fully saturated rings. The zero-order chi connectivity index (χ0) is 10.7. The van der Waals surface area contributed by atoms with Gasteiger partial charge in [-0.3, -0.25) is 4.79 Å². The van der Waals surface area contributed by atoms with Crippen molar-refractivity contribution in [1.82, 2.24) is 15.0 Å². The highest BCUT2D eigenvalue weighted by atomic mass is 16.5. The van der Waals surface area contributed by atoms with Crippen LogP contribution < -0.4 is 0 Å². The molecule has 15 heavy (non-hydrogen) atoms. The second-order valence-electron chi connectivity index (χ2n) is 3.82. The van der Waals surface area contributed by atoms with Gasteiger partial charge in [0.2, 0.25) is 0 Å². The minimum atomic E-state index is 0.469. The topological polar surface area (TPSA) is 57.0 Å². The van der Waals surface area contributed by atoms with Crippen molar-refractivity contribution in [1.29, 1.82) is 0 Å². The maximum atomic E-state index is 10.8. The summed E-state index contributed by atoms with van der Waals surface area (Å²) in [4.78, 5) is 10.8. The van der Waals surface area contributed by atoms with Crippen LogP contribution in [0.25, 0.3) is 0 Å². The minimum Gasteiger partial charge on any atom is -0.383 e. The van der Waals surface area contributed by atoms with Crippen molar-refractivity contribution in [3.8, 4) is 0 Å². The average molecular weight is 209 g/mol. The van der Waals surface area contributed by atoms with Crippen molar-refractivity contribution < 1.29 is 9.53 Å². The summed E-state index contributed by atoms with van der Waals surface area (Å²) >= 11 is 0. The van der Waals surface area contributed by atoms with Crippen molar-refractivity contribution in [2.24, 2.45) is 0 Å². The van der Waals surface area contributed by atoms with Gasteiger partial charge in [-0.25, -0.2) is 4.68 Å². The molecular formula is C10H15N3O2. The van der Waals surface area contributed by atoms with Gasteiger partial charge in [-0.2, -0.15) is 0 Å². The molecular weight excluding hydrogens is 194 g/mol. The van der Waals surface area contributed by atoms with E-state index in [-0.39, 0.29) is 0 Å². The average Bonchev–Trinajstić information content (AvgIpc) is 2.56. The summed E-state index contributed by atoms with van der Waals surface area (Å²) in [5, 5.41) is 7.86. The lowest BCUT2D eigenvalue weighted by Gasteiger charge is -2.25. The van der Waals surface area contributed by atoms with E-state index in [2.05, 4.69) is 10.3 Å². The van der Waals surface area contributed by atoms with Crippen molar-refractivity contribution in [3.63, 3.8) is 0 Å². The van der Waals surface area contributed by atoms with E-state index in [1.165, 1.54) is 6.42 Å². The van der Waals surface area contributed by atoms with E-state index < -0.39 is 0 Å². The van der Waals surface area contributed by atoms with Crippen LogP contribution in [-0.4, -0.2) is 35.0 Å². The molecule has 2 rings (SSSR count). The smallest absolute Gasteiger partial charge is 0.172 e. The lowest BCUT2D eigenvalue weighted by molar-refractivity contribution is 0.111. The summed E-state index contributed by atoms with van der Waals surface area (Å²) in [5.74, 6) is 0.469. The molecule has 1 aromatic heterocycles. The Morgan fingerprint density at radius 2 is 2.40 bits per heavy atom. The summed E-state index contributed by atoms with van der Waals surface area (Å²) in [5.41, 5.74) is 1.49. The molecule has 0 radical (unpaired) electrons. The molecule has 0 spiro atoms. The molecule has 1 aliphatic carbocycles. The Morgan fingerprint density at radius 3 is 2.93 bits per heavy atom. The van der Waals surface area contributed by atoms with Crippen LogP contribution in [0.15, 0.2) is 0 Å². The Morgan fingerprint density at radius 1 is 1.60 bits per heavy atom. The van der Waals surface area contributed by atoms with E-state index in [1.54, 1.807) is 11.8 Å². The first-order valence-electron chi connectivity index (χ1n) is 5.24. The third kappa shape index (κ3) is 1.92. The molecule has 1 heterocycles. The van der Waals surface area contributed by atoms with E-state index in [0.29, 0.717) is 24.8 Å². The molecule has 0 atom stereocenters. The zero-order valence-corrected chi connectivity index (χ0v) is 8.85. The summed E-state index contributed by atoms with van der Waals surface area (Å²) in [6.07, 6.45) is 4.31. The number of methoxy groups -OCH3 is 1. The maximum Gasteiger partial charge on any atom is 0.172 e. The highest BCUT2D eigenvalue weighted by molar-refractivity contribution is 5.73. The number of hydrogen-bond donors (Lipinski definition) is 0. The molecule has 0 amide bonds. The Kier molecular flexibility index (Phi) is 3.11. The Hall–Kier alpha value is -1.23. The highest BCUT2D eigenvalue weighted by Gasteiger charge is 2.27. The van der Waals surface area contributed by atoms with Crippen LogP contribution in [0.4, 0.5) is 0 Å². The first-order valence-corrected chi connectivity index (χ1v) is 5.24. The van der Waals surface area contributed by atoms with E-state index in [1.807, 2.05) is 0 Å². The van der Waals surface area contributed by atoms with Gasteiger partial charge in [-0.1, -0.05) is 11.6 Å².